The van der Waals surface area contributed by atoms with Gasteiger partial charge in [0, 0.05) is 31.0 Å². The fourth-order valence-corrected chi connectivity index (χ4v) is 1.67. The number of carbonyl (C=O) groups is 1. The van der Waals surface area contributed by atoms with E-state index in [1.165, 1.54) is 0 Å². The van der Waals surface area contributed by atoms with Crippen LogP contribution < -0.4 is 11.1 Å². The largest absolute Gasteiger partial charge is 0.399 e. The molecule has 0 atom stereocenters. The molecular weight excluding hydrogens is 228 g/mol. The number of amides is 1. The van der Waals surface area contributed by atoms with Crippen molar-refractivity contribution in [2.24, 2.45) is 0 Å². The van der Waals surface area contributed by atoms with Crippen molar-refractivity contribution >= 4 is 11.6 Å². The van der Waals surface area contributed by atoms with Crippen LogP contribution in [0.2, 0.25) is 0 Å². The van der Waals surface area contributed by atoms with Crippen molar-refractivity contribution in [3.05, 3.63) is 29.3 Å². The van der Waals surface area contributed by atoms with Gasteiger partial charge in [0.2, 0.25) is 0 Å². The first-order chi connectivity index (χ1) is 8.63. The van der Waals surface area contributed by atoms with Gasteiger partial charge >= 0.3 is 0 Å². The highest BCUT2D eigenvalue weighted by Crippen LogP contribution is 2.10. The Kier molecular flexibility index (Phi) is 6.22. The molecule has 0 fully saturated rings. The first-order valence-electron chi connectivity index (χ1n) is 6.36. The van der Waals surface area contributed by atoms with Gasteiger partial charge in [-0.1, -0.05) is 6.92 Å². The molecule has 0 aliphatic heterocycles. The molecule has 100 valence electrons. The van der Waals surface area contributed by atoms with Crippen molar-refractivity contribution in [3.8, 4) is 0 Å². The van der Waals surface area contributed by atoms with Gasteiger partial charge in [0.25, 0.3) is 5.91 Å². The van der Waals surface area contributed by atoms with E-state index in [0.29, 0.717) is 24.4 Å². The number of benzene rings is 1. The Morgan fingerprint density at radius 2 is 2.11 bits per heavy atom. The number of ether oxygens (including phenoxy) is 1. The Morgan fingerprint density at radius 1 is 1.33 bits per heavy atom. The molecule has 1 amide bonds. The van der Waals surface area contributed by atoms with Crippen LogP contribution in [-0.4, -0.2) is 25.7 Å². The Bertz CT molecular complexity index is 371. The molecule has 0 unspecified atom stereocenters. The zero-order chi connectivity index (χ0) is 13.4. The van der Waals surface area contributed by atoms with Gasteiger partial charge in [0.1, 0.15) is 0 Å². The molecule has 1 aromatic carbocycles. The van der Waals surface area contributed by atoms with Crippen molar-refractivity contribution in [1.82, 2.24) is 5.32 Å². The zero-order valence-electron chi connectivity index (χ0n) is 11.2. The Morgan fingerprint density at radius 3 is 2.78 bits per heavy atom. The molecule has 3 N–H and O–H groups in total. The molecule has 0 aliphatic rings. The van der Waals surface area contributed by atoms with E-state index in [1.807, 2.05) is 19.1 Å². The summed E-state index contributed by atoms with van der Waals surface area (Å²) in [4.78, 5) is 11.8. The molecule has 0 saturated heterocycles. The van der Waals surface area contributed by atoms with Crippen molar-refractivity contribution in [3.63, 3.8) is 0 Å². The third kappa shape index (κ3) is 5.19. The number of nitrogen functional groups attached to an aromatic ring is 1. The monoisotopic (exact) mass is 250 g/mol. The molecule has 0 bridgehead atoms. The first-order valence-corrected chi connectivity index (χ1v) is 6.36. The maximum absolute atomic E-state index is 11.8. The van der Waals surface area contributed by atoms with Gasteiger partial charge in [-0.2, -0.15) is 0 Å². The lowest BCUT2D eigenvalue weighted by atomic mass is 10.1. The highest BCUT2D eigenvalue weighted by molar-refractivity contribution is 5.95. The summed E-state index contributed by atoms with van der Waals surface area (Å²) >= 11 is 0. The highest BCUT2D eigenvalue weighted by Gasteiger charge is 2.05. The van der Waals surface area contributed by atoms with Crippen molar-refractivity contribution in [2.75, 3.05) is 25.5 Å². The molecule has 4 heteroatoms. The van der Waals surface area contributed by atoms with E-state index in [-0.39, 0.29) is 5.91 Å². The second kappa shape index (κ2) is 7.71. The summed E-state index contributed by atoms with van der Waals surface area (Å²) in [6, 6.07) is 5.37. The van der Waals surface area contributed by atoms with Gasteiger partial charge in [-0.15, -0.1) is 0 Å². The van der Waals surface area contributed by atoms with E-state index in [4.69, 9.17) is 10.5 Å². The van der Waals surface area contributed by atoms with E-state index in [2.05, 4.69) is 12.2 Å². The standard InChI is InChI=1S/C14H22N2O2/c1-3-6-18-7-4-5-16-14(17)12-8-11(2)9-13(15)10-12/h8-10H,3-7,15H2,1-2H3,(H,16,17). The number of aryl methyl sites for hydroxylation is 1. The van der Waals surface area contributed by atoms with Gasteiger partial charge < -0.3 is 15.8 Å². The molecule has 0 heterocycles. The van der Waals surface area contributed by atoms with E-state index >= 15 is 0 Å². The summed E-state index contributed by atoms with van der Waals surface area (Å²) in [6.07, 6.45) is 1.85. The van der Waals surface area contributed by atoms with Gasteiger partial charge in [-0.3, -0.25) is 4.79 Å². The first kappa shape index (κ1) is 14.5. The highest BCUT2D eigenvalue weighted by atomic mass is 16.5. The van der Waals surface area contributed by atoms with E-state index in [9.17, 15) is 4.79 Å². The molecular formula is C14H22N2O2. The second-order valence-corrected chi connectivity index (χ2v) is 4.35. The third-order valence-electron chi connectivity index (χ3n) is 2.46. The van der Waals surface area contributed by atoms with Crippen LogP contribution in [0.5, 0.6) is 0 Å². The van der Waals surface area contributed by atoms with Crippen LogP contribution in [0.4, 0.5) is 5.69 Å². The van der Waals surface area contributed by atoms with Crippen LogP contribution in [0.1, 0.15) is 35.7 Å². The summed E-state index contributed by atoms with van der Waals surface area (Å²) < 4.78 is 5.34. The average molecular weight is 250 g/mol. The molecule has 1 aromatic rings. The van der Waals surface area contributed by atoms with Crippen molar-refractivity contribution < 1.29 is 9.53 Å². The Labute approximate surface area is 109 Å². The molecule has 0 saturated carbocycles. The number of carbonyl (C=O) groups excluding carboxylic acids is 1. The minimum absolute atomic E-state index is 0.0825. The SMILES string of the molecule is CCCOCCCNC(=O)c1cc(C)cc(N)c1. The number of hydrogen-bond donors (Lipinski definition) is 2. The number of rotatable bonds is 7. The van der Waals surface area contributed by atoms with E-state index in [0.717, 1.165) is 25.0 Å². The number of nitrogens with one attached hydrogen (secondary N) is 1. The van der Waals surface area contributed by atoms with Crippen LogP contribution in [0.25, 0.3) is 0 Å². The molecule has 1 rings (SSSR count). The number of nitrogens with two attached hydrogens (primary N) is 1. The normalized spacial score (nSPS) is 10.3. The van der Waals surface area contributed by atoms with Gasteiger partial charge in [0.05, 0.1) is 0 Å². The fraction of sp³-hybridized carbons (Fsp3) is 0.500. The summed E-state index contributed by atoms with van der Waals surface area (Å²) in [7, 11) is 0. The fourth-order valence-electron chi connectivity index (χ4n) is 1.67. The average Bonchev–Trinajstić information content (AvgIpc) is 2.32. The lowest BCUT2D eigenvalue weighted by Gasteiger charge is -2.07. The Balaban J connectivity index is 2.32. The smallest absolute Gasteiger partial charge is 0.251 e. The quantitative estimate of drug-likeness (QED) is 0.575. The molecule has 0 aromatic heterocycles. The lowest BCUT2D eigenvalue weighted by molar-refractivity contribution is 0.0941. The lowest BCUT2D eigenvalue weighted by Crippen LogP contribution is -2.25. The van der Waals surface area contributed by atoms with Crippen LogP contribution in [-0.2, 0) is 4.74 Å². The maximum Gasteiger partial charge on any atom is 0.251 e. The van der Waals surface area contributed by atoms with Crippen molar-refractivity contribution in [1.29, 1.82) is 0 Å². The molecule has 0 radical (unpaired) electrons. The predicted molar refractivity (Wildman–Crippen MR) is 73.7 cm³/mol. The summed E-state index contributed by atoms with van der Waals surface area (Å²) in [6.45, 7) is 6.08. The third-order valence-corrected chi connectivity index (χ3v) is 2.46. The summed E-state index contributed by atoms with van der Waals surface area (Å²) in [5.74, 6) is -0.0825. The second-order valence-electron chi connectivity index (χ2n) is 4.35. The van der Waals surface area contributed by atoms with Crippen molar-refractivity contribution in [2.45, 2.75) is 26.7 Å². The molecule has 0 spiro atoms. The topological polar surface area (TPSA) is 64.3 Å². The summed E-state index contributed by atoms with van der Waals surface area (Å²) in [5, 5.41) is 2.86. The molecule has 18 heavy (non-hydrogen) atoms. The van der Waals surface area contributed by atoms with Gasteiger partial charge in [-0.25, -0.2) is 0 Å². The zero-order valence-corrected chi connectivity index (χ0v) is 11.2. The summed E-state index contributed by atoms with van der Waals surface area (Å²) in [5.41, 5.74) is 7.93. The molecule has 0 aliphatic carbocycles. The van der Waals surface area contributed by atoms with Crippen LogP contribution in [0.3, 0.4) is 0 Å². The van der Waals surface area contributed by atoms with E-state index in [1.54, 1.807) is 6.07 Å². The number of anilines is 1. The van der Waals surface area contributed by atoms with Crippen LogP contribution in [0.15, 0.2) is 18.2 Å². The minimum atomic E-state index is -0.0825. The van der Waals surface area contributed by atoms with Gasteiger partial charge in [-0.05, 0) is 43.5 Å². The van der Waals surface area contributed by atoms with Gasteiger partial charge in [0.15, 0.2) is 0 Å². The minimum Gasteiger partial charge on any atom is -0.399 e. The Hall–Kier alpha value is -1.55. The number of hydrogen-bond acceptors (Lipinski definition) is 3. The predicted octanol–water partition coefficient (Wildman–Crippen LogP) is 2.12. The molecule has 4 nitrogen and oxygen atoms in total. The van der Waals surface area contributed by atoms with Crippen LogP contribution >= 0.6 is 0 Å². The van der Waals surface area contributed by atoms with Crippen LogP contribution in [0, 0.1) is 6.92 Å². The van der Waals surface area contributed by atoms with E-state index < -0.39 is 0 Å². The maximum atomic E-state index is 11.8.